The maximum atomic E-state index is 11.5. The molecule has 0 radical (unpaired) electrons. The highest BCUT2D eigenvalue weighted by Crippen LogP contribution is 2.16. The van der Waals surface area contributed by atoms with Gasteiger partial charge in [0.2, 0.25) is 0 Å². The van der Waals surface area contributed by atoms with Crippen molar-refractivity contribution in [3.63, 3.8) is 0 Å². The number of amides is 2. The van der Waals surface area contributed by atoms with Gasteiger partial charge in [0, 0.05) is 0 Å². The number of imide groups is 1. The molecule has 1 heterocycles. The average Bonchev–Trinajstić information content (AvgIpc) is 2.52. The highest BCUT2D eigenvalue weighted by Gasteiger charge is 2.41. The zero-order valence-electron chi connectivity index (χ0n) is 9.16. The Kier molecular flexibility index (Phi) is 5.29. The molecule has 2 atom stereocenters. The van der Waals surface area contributed by atoms with Gasteiger partial charge < -0.3 is 9.94 Å². The van der Waals surface area contributed by atoms with E-state index >= 15 is 0 Å². The summed E-state index contributed by atoms with van der Waals surface area (Å²) in [6.07, 6.45) is 0.589. The number of rotatable bonds is 5. The van der Waals surface area contributed by atoms with Crippen molar-refractivity contribution in [3.05, 3.63) is 0 Å². The van der Waals surface area contributed by atoms with Gasteiger partial charge in [0.25, 0.3) is 11.8 Å². The minimum atomic E-state index is -1.42. The van der Waals surface area contributed by atoms with Crippen LogP contribution < -0.4 is 0 Å². The molecule has 6 nitrogen and oxygen atoms in total. The lowest BCUT2D eigenvalue weighted by atomic mass is 10.3. The van der Waals surface area contributed by atoms with Crippen LogP contribution in [0.1, 0.15) is 12.8 Å². The Morgan fingerprint density at radius 1 is 1.71 bits per heavy atom. The zero-order valence-corrected chi connectivity index (χ0v) is 10.9. The van der Waals surface area contributed by atoms with E-state index in [1.54, 1.807) is 11.8 Å². The predicted molar refractivity (Wildman–Crippen MR) is 64.3 cm³/mol. The van der Waals surface area contributed by atoms with E-state index in [-0.39, 0.29) is 6.42 Å². The van der Waals surface area contributed by atoms with Gasteiger partial charge in [-0.3, -0.25) is 9.59 Å². The number of hydrogen-bond acceptors (Lipinski definition) is 7. The minimum absolute atomic E-state index is 0.315. The number of carbonyl (C=O) groups is 3. The molecule has 0 bridgehead atoms. The third kappa shape index (κ3) is 3.62. The van der Waals surface area contributed by atoms with Gasteiger partial charge in [-0.2, -0.15) is 24.4 Å². The van der Waals surface area contributed by atoms with E-state index in [9.17, 15) is 14.4 Å². The number of thioether (sulfide) groups is 1. The first kappa shape index (κ1) is 14.3. The van der Waals surface area contributed by atoms with E-state index in [0.717, 1.165) is 0 Å². The summed E-state index contributed by atoms with van der Waals surface area (Å²) in [6.45, 7) is 0. The monoisotopic (exact) mass is 279 g/mol. The van der Waals surface area contributed by atoms with E-state index in [1.165, 1.54) is 0 Å². The molecule has 2 amide bonds. The molecule has 1 N–H and O–H groups in total. The standard InChI is InChI=1S/C9H13NO5S2/c1-17-3-2-6(16)9(14)15-10-7(12)4-5(11)8(10)13/h5-6,11,16H,2-4H2,1H3. The first-order valence-electron chi connectivity index (χ1n) is 4.91. The minimum Gasteiger partial charge on any atom is -0.383 e. The summed E-state index contributed by atoms with van der Waals surface area (Å²) in [6, 6.07) is 0. The van der Waals surface area contributed by atoms with Crippen molar-refractivity contribution in [2.45, 2.75) is 24.2 Å². The summed E-state index contributed by atoms with van der Waals surface area (Å²) in [5, 5.41) is 8.73. The molecule has 1 saturated heterocycles. The van der Waals surface area contributed by atoms with E-state index < -0.39 is 29.1 Å². The Morgan fingerprint density at radius 3 is 2.82 bits per heavy atom. The van der Waals surface area contributed by atoms with Crippen LogP contribution in [0.2, 0.25) is 0 Å². The maximum Gasteiger partial charge on any atom is 0.345 e. The van der Waals surface area contributed by atoms with Crippen LogP contribution in [-0.4, -0.2) is 51.3 Å². The predicted octanol–water partition coefficient (Wildman–Crippen LogP) is -0.384. The van der Waals surface area contributed by atoms with Crippen LogP contribution in [0.5, 0.6) is 0 Å². The summed E-state index contributed by atoms with van der Waals surface area (Å²) in [7, 11) is 0. The van der Waals surface area contributed by atoms with Gasteiger partial charge in [-0.15, -0.1) is 0 Å². The molecule has 2 unspecified atom stereocenters. The van der Waals surface area contributed by atoms with Gasteiger partial charge in [-0.25, -0.2) is 4.79 Å². The van der Waals surface area contributed by atoms with Crippen molar-refractivity contribution in [1.29, 1.82) is 0 Å². The van der Waals surface area contributed by atoms with E-state index in [1.807, 2.05) is 6.26 Å². The molecule has 1 aliphatic rings. The second-order valence-corrected chi connectivity index (χ2v) is 5.06. The van der Waals surface area contributed by atoms with Crippen molar-refractivity contribution >= 4 is 42.2 Å². The number of aliphatic hydroxyl groups excluding tert-OH is 1. The van der Waals surface area contributed by atoms with Gasteiger partial charge in [0.1, 0.15) is 11.4 Å². The SMILES string of the molecule is CSCCC(S)C(=O)ON1C(=O)CC(O)C1=O. The summed E-state index contributed by atoms with van der Waals surface area (Å²) < 4.78 is 0. The number of aliphatic hydroxyl groups is 1. The number of hydrogen-bond donors (Lipinski definition) is 2. The molecule has 0 aromatic carbocycles. The lowest BCUT2D eigenvalue weighted by molar-refractivity contribution is -0.198. The molecule has 1 fully saturated rings. The molecule has 8 heteroatoms. The quantitative estimate of drug-likeness (QED) is 0.527. The Hall–Kier alpha value is -0.730. The second-order valence-electron chi connectivity index (χ2n) is 3.45. The van der Waals surface area contributed by atoms with Crippen LogP contribution in [0.4, 0.5) is 0 Å². The average molecular weight is 279 g/mol. The van der Waals surface area contributed by atoms with E-state index in [4.69, 9.17) is 5.11 Å². The third-order valence-electron chi connectivity index (χ3n) is 2.13. The van der Waals surface area contributed by atoms with Crippen molar-refractivity contribution in [1.82, 2.24) is 5.06 Å². The topological polar surface area (TPSA) is 83.9 Å². The van der Waals surface area contributed by atoms with Crippen LogP contribution in [-0.2, 0) is 19.2 Å². The normalized spacial score (nSPS) is 21.8. The number of thiol groups is 1. The molecule has 0 aromatic heterocycles. The molecular formula is C9H13NO5S2. The molecule has 0 spiro atoms. The van der Waals surface area contributed by atoms with E-state index in [2.05, 4.69) is 17.5 Å². The Balaban J connectivity index is 2.51. The number of nitrogens with zero attached hydrogens (tertiary/aromatic N) is 1. The van der Waals surface area contributed by atoms with Crippen molar-refractivity contribution < 1.29 is 24.3 Å². The first-order valence-corrected chi connectivity index (χ1v) is 6.82. The van der Waals surface area contributed by atoms with Crippen LogP contribution in [0.3, 0.4) is 0 Å². The summed E-state index contributed by atoms with van der Waals surface area (Å²) in [5.41, 5.74) is 0. The molecule has 0 aromatic rings. The lowest BCUT2D eigenvalue weighted by Gasteiger charge is -2.15. The molecule has 1 rings (SSSR count). The Bertz CT molecular complexity index is 335. The largest absolute Gasteiger partial charge is 0.383 e. The highest BCUT2D eigenvalue weighted by molar-refractivity contribution is 7.98. The van der Waals surface area contributed by atoms with E-state index in [0.29, 0.717) is 17.2 Å². The fourth-order valence-corrected chi connectivity index (χ4v) is 2.01. The van der Waals surface area contributed by atoms with Crippen LogP contribution >= 0.6 is 24.4 Å². The van der Waals surface area contributed by atoms with Crippen molar-refractivity contribution in [2.75, 3.05) is 12.0 Å². The number of carbonyl (C=O) groups excluding carboxylic acids is 3. The molecule has 0 aliphatic carbocycles. The summed E-state index contributed by atoms with van der Waals surface area (Å²) in [5.74, 6) is -1.68. The fourth-order valence-electron chi connectivity index (χ4n) is 1.19. The van der Waals surface area contributed by atoms with Gasteiger partial charge in [0.15, 0.2) is 0 Å². The van der Waals surface area contributed by atoms with Crippen LogP contribution in [0, 0.1) is 0 Å². The molecule has 17 heavy (non-hydrogen) atoms. The second kappa shape index (κ2) is 6.27. The van der Waals surface area contributed by atoms with Crippen molar-refractivity contribution in [3.8, 4) is 0 Å². The fraction of sp³-hybridized carbons (Fsp3) is 0.667. The zero-order chi connectivity index (χ0) is 13.0. The van der Waals surface area contributed by atoms with Crippen molar-refractivity contribution in [2.24, 2.45) is 0 Å². The lowest BCUT2D eigenvalue weighted by Crippen LogP contribution is -2.37. The summed E-state index contributed by atoms with van der Waals surface area (Å²) >= 11 is 5.56. The molecule has 96 valence electrons. The maximum absolute atomic E-state index is 11.5. The van der Waals surface area contributed by atoms with Gasteiger partial charge in [0.05, 0.1) is 6.42 Å². The molecular weight excluding hydrogens is 266 g/mol. The van der Waals surface area contributed by atoms with Gasteiger partial charge in [-0.05, 0) is 18.4 Å². The Morgan fingerprint density at radius 2 is 2.35 bits per heavy atom. The molecule has 0 saturated carbocycles. The highest BCUT2D eigenvalue weighted by atomic mass is 32.2. The van der Waals surface area contributed by atoms with Crippen LogP contribution in [0.25, 0.3) is 0 Å². The van der Waals surface area contributed by atoms with Gasteiger partial charge >= 0.3 is 5.97 Å². The van der Waals surface area contributed by atoms with Crippen LogP contribution in [0.15, 0.2) is 0 Å². The number of hydroxylamine groups is 2. The van der Waals surface area contributed by atoms with Gasteiger partial charge in [-0.1, -0.05) is 5.06 Å². The molecule has 1 aliphatic heterocycles. The summed E-state index contributed by atoms with van der Waals surface area (Å²) in [4.78, 5) is 38.5. The third-order valence-corrected chi connectivity index (χ3v) is 3.24. The first-order chi connectivity index (χ1) is 7.97. The Labute approximate surface area is 108 Å². The smallest absolute Gasteiger partial charge is 0.345 e.